The number of nitrogens with one attached hydrogen (secondary N) is 2. The van der Waals surface area contributed by atoms with Crippen LogP contribution in [-0.2, 0) is 4.79 Å². The molecule has 0 spiro atoms. The normalized spacial score (nSPS) is 12.6. The zero-order valence-electron chi connectivity index (χ0n) is 11.7. The first kappa shape index (κ1) is 16.3. The minimum atomic E-state index is -0.957. The third kappa shape index (κ3) is 5.48. The molecule has 5 nitrogen and oxygen atoms in total. The summed E-state index contributed by atoms with van der Waals surface area (Å²) in [4.78, 5) is 22.5. The Bertz CT molecular complexity index is 486. The van der Waals surface area contributed by atoms with Gasteiger partial charge in [-0.3, -0.25) is 4.79 Å². The van der Waals surface area contributed by atoms with Crippen LogP contribution < -0.4 is 10.6 Å². The first-order valence-electron chi connectivity index (χ1n) is 6.25. The van der Waals surface area contributed by atoms with Crippen LogP contribution >= 0.6 is 11.6 Å². The van der Waals surface area contributed by atoms with E-state index in [1.54, 1.807) is 26.0 Å². The molecule has 0 saturated heterocycles. The highest BCUT2D eigenvalue weighted by Crippen LogP contribution is 2.16. The summed E-state index contributed by atoms with van der Waals surface area (Å²) < 4.78 is 0. The zero-order chi connectivity index (χ0) is 15.3. The molecular formula is C14H19ClN2O3. The van der Waals surface area contributed by atoms with E-state index >= 15 is 0 Å². The van der Waals surface area contributed by atoms with Gasteiger partial charge < -0.3 is 15.7 Å². The van der Waals surface area contributed by atoms with E-state index in [4.69, 9.17) is 16.7 Å². The number of halogens is 1. The molecule has 0 saturated carbocycles. The summed E-state index contributed by atoms with van der Waals surface area (Å²) in [6, 6.07) is 6.56. The fourth-order valence-electron chi connectivity index (χ4n) is 1.80. The number of carboxylic acids is 1. The van der Waals surface area contributed by atoms with Crippen molar-refractivity contribution in [3.8, 4) is 0 Å². The van der Waals surface area contributed by atoms with Gasteiger partial charge in [0.2, 0.25) is 0 Å². The van der Waals surface area contributed by atoms with Gasteiger partial charge in [-0.25, -0.2) is 4.79 Å². The minimum Gasteiger partial charge on any atom is -0.481 e. The first-order chi connectivity index (χ1) is 9.19. The number of rotatable bonds is 5. The van der Waals surface area contributed by atoms with Crippen LogP contribution in [-0.4, -0.2) is 22.6 Å². The molecule has 1 aromatic rings. The Kier molecular flexibility index (Phi) is 5.39. The van der Waals surface area contributed by atoms with Crippen LogP contribution in [0.5, 0.6) is 0 Å². The molecule has 0 bridgehead atoms. The molecule has 0 aliphatic rings. The van der Waals surface area contributed by atoms with E-state index in [1.165, 1.54) is 0 Å². The Morgan fingerprint density at radius 1 is 1.30 bits per heavy atom. The summed E-state index contributed by atoms with van der Waals surface area (Å²) in [5.41, 5.74) is 0.107. The number of hydrogen-bond acceptors (Lipinski definition) is 2. The first-order valence-corrected chi connectivity index (χ1v) is 6.63. The molecule has 0 fully saturated rings. The van der Waals surface area contributed by atoms with Crippen molar-refractivity contribution in [1.82, 2.24) is 10.6 Å². The van der Waals surface area contributed by atoms with Gasteiger partial charge in [-0.05, 0) is 38.5 Å². The Morgan fingerprint density at radius 3 is 2.35 bits per heavy atom. The van der Waals surface area contributed by atoms with Crippen LogP contribution in [0, 0.1) is 0 Å². The fraction of sp³-hybridized carbons (Fsp3) is 0.429. The molecule has 0 radical (unpaired) electrons. The number of carboxylic acid groups (broad SMARTS) is 1. The second-order valence-corrected chi connectivity index (χ2v) is 5.76. The van der Waals surface area contributed by atoms with Gasteiger partial charge >= 0.3 is 12.0 Å². The summed E-state index contributed by atoms with van der Waals surface area (Å²) in [5.74, 6) is -0.957. The van der Waals surface area contributed by atoms with E-state index in [0.717, 1.165) is 5.56 Å². The Morgan fingerprint density at radius 2 is 1.85 bits per heavy atom. The van der Waals surface area contributed by atoms with Crippen molar-refractivity contribution in [2.75, 3.05) is 0 Å². The van der Waals surface area contributed by atoms with Crippen LogP contribution in [0.25, 0.3) is 0 Å². The maximum absolute atomic E-state index is 11.8. The summed E-state index contributed by atoms with van der Waals surface area (Å²) >= 11 is 5.80. The highest BCUT2D eigenvalue weighted by molar-refractivity contribution is 6.30. The topological polar surface area (TPSA) is 78.4 Å². The van der Waals surface area contributed by atoms with Crippen LogP contribution in [0.4, 0.5) is 4.79 Å². The second kappa shape index (κ2) is 6.61. The van der Waals surface area contributed by atoms with Gasteiger partial charge in [0.1, 0.15) is 0 Å². The van der Waals surface area contributed by atoms with Crippen molar-refractivity contribution in [2.45, 2.75) is 38.8 Å². The van der Waals surface area contributed by atoms with Gasteiger partial charge in [-0.1, -0.05) is 23.7 Å². The zero-order valence-corrected chi connectivity index (χ0v) is 12.5. The van der Waals surface area contributed by atoms with Crippen LogP contribution in [0.15, 0.2) is 24.3 Å². The summed E-state index contributed by atoms with van der Waals surface area (Å²) in [7, 11) is 0. The van der Waals surface area contributed by atoms with Gasteiger partial charge in [0, 0.05) is 10.6 Å². The molecule has 20 heavy (non-hydrogen) atoms. The van der Waals surface area contributed by atoms with Gasteiger partial charge in [-0.2, -0.15) is 0 Å². The molecule has 6 heteroatoms. The molecule has 1 unspecified atom stereocenters. The lowest BCUT2D eigenvalue weighted by Crippen LogP contribution is -2.49. The van der Waals surface area contributed by atoms with Crippen molar-refractivity contribution >= 4 is 23.6 Å². The molecule has 0 aliphatic heterocycles. The van der Waals surface area contributed by atoms with Crippen LogP contribution in [0.2, 0.25) is 5.02 Å². The Balaban J connectivity index is 2.57. The van der Waals surface area contributed by atoms with Crippen molar-refractivity contribution in [1.29, 1.82) is 0 Å². The smallest absolute Gasteiger partial charge is 0.315 e. The lowest BCUT2D eigenvalue weighted by atomic mass is 10.0. The molecular weight excluding hydrogens is 280 g/mol. The van der Waals surface area contributed by atoms with Gasteiger partial charge in [0.05, 0.1) is 12.5 Å². The highest BCUT2D eigenvalue weighted by atomic mass is 35.5. The van der Waals surface area contributed by atoms with Crippen molar-refractivity contribution in [2.24, 2.45) is 0 Å². The maximum Gasteiger partial charge on any atom is 0.315 e. The predicted octanol–water partition coefficient (Wildman–Crippen LogP) is 2.95. The third-order valence-corrected chi connectivity index (χ3v) is 3.01. The molecule has 1 rings (SSSR count). The molecule has 1 aromatic carbocycles. The van der Waals surface area contributed by atoms with Crippen molar-refractivity contribution in [3.05, 3.63) is 34.9 Å². The van der Waals surface area contributed by atoms with Crippen LogP contribution in [0.1, 0.15) is 38.8 Å². The highest BCUT2D eigenvalue weighted by Gasteiger charge is 2.24. The largest absolute Gasteiger partial charge is 0.481 e. The number of amides is 2. The second-order valence-electron chi connectivity index (χ2n) is 5.33. The van der Waals surface area contributed by atoms with E-state index in [9.17, 15) is 9.59 Å². The molecule has 110 valence electrons. The van der Waals surface area contributed by atoms with Crippen LogP contribution in [0.3, 0.4) is 0 Å². The lowest BCUT2D eigenvalue weighted by molar-refractivity contribution is -0.138. The standard InChI is InChI=1S/C14H19ClN2O3/c1-9(10-4-6-11(15)7-5-10)16-13(20)17-14(2,3)8-12(18)19/h4-7,9H,8H2,1-3H3,(H,18,19)(H2,16,17,20). The summed E-state index contributed by atoms with van der Waals surface area (Å²) in [5, 5.41) is 14.8. The summed E-state index contributed by atoms with van der Waals surface area (Å²) in [6.45, 7) is 5.16. The SMILES string of the molecule is CC(NC(=O)NC(C)(C)CC(=O)O)c1ccc(Cl)cc1. The minimum absolute atomic E-state index is 0.143. The number of carbonyl (C=O) groups excluding carboxylic acids is 1. The van der Waals surface area contributed by atoms with Crippen molar-refractivity contribution in [3.63, 3.8) is 0 Å². The van der Waals surface area contributed by atoms with E-state index < -0.39 is 17.5 Å². The average Bonchev–Trinajstić information content (AvgIpc) is 2.26. The van der Waals surface area contributed by atoms with Crippen molar-refractivity contribution < 1.29 is 14.7 Å². The quantitative estimate of drug-likeness (QED) is 0.782. The monoisotopic (exact) mass is 298 g/mol. The number of hydrogen-bond donors (Lipinski definition) is 3. The van der Waals surface area contributed by atoms with Gasteiger partial charge in [0.25, 0.3) is 0 Å². The van der Waals surface area contributed by atoms with E-state index in [-0.39, 0.29) is 12.5 Å². The fourth-order valence-corrected chi connectivity index (χ4v) is 1.92. The number of benzene rings is 1. The molecule has 0 heterocycles. The third-order valence-electron chi connectivity index (χ3n) is 2.76. The predicted molar refractivity (Wildman–Crippen MR) is 77.9 cm³/mol. The van der Waals surface area contributed by atoms with E-state index in [1.807, 2.05) is 19.1 Å². The molecule has 0 aromatic heterocycles. The molecule has 3 N–H and O–H groups in total. The Labute approximate surface area is 123 Å². The van der Waals surface area contributed by atoms with E-state index in [0.29, 0.717) is 5.02 Å². The van der Waals surface area contributed by atoms with E-state index in [2.05, 4.69) is 10.6 Å². The maximum atomic E-state index is 11.8. The van der Waals surface area contributed by atoms with Gasteiger partial charge in [0.15, 0.2) is 0 Å². The summed E-state index contributed by atoms with van der Waals surface area (Å²) in [6.07, 6.45) is -0.143. The lowest BCUT2D eigenvalue weighted by Gasteiger charge is -2.25. The number of urea groups is 1. The average molecular weight is 299 g/mol. The Hall–Kier alpha value is -1.75. The molecule has 2 amide bonds. The molecule has 1 atom stereocenters. The van der Waals surface area contributed by atoms with Gasteiger partial charge in [-0.15, -0.1) is 0 Å². The number of aliphatic carboxylic acids is 1. The number of carbonyl (C=O) groups is 2. The molecule has 0 aliphatic carbocycles.